The largest absolute Gasteiger partial charge is 0.481 e. The summed E-state index contributed by atoms with van der Waals surface area (Å²) in [6, 6.07) is 0. The van der Waals surface area contributed by atoms with Crippen molar-refractivity contribution in [2.24, 2.45) is 17.3 Å². The molecule has 2 atom stereocenters. The SMILES string of the molecule is CC1=C(/C=C/C(C)C/C=C/C(C)CC(=O)O)C(C)(C)CCC1. The molecule has 1 aliphatic rings. The van der Waals surface area contributed by atoms with Gasteiger partial charge in [-0.25, -0.2) is 0 Å². The van der Waals surface area contributed by atoms with Crippen molar-refractivity contribution < 1.29 is 9.90 Å². The minimum Gasteiger partial charge on any atom is -0.481 e. The number of carbonyl (C=O) groups is 1. The van der Waals surface area contributed by atoms with Crippen LogP contribution >= 0.6 is 0 Å². The molecular formula is C20H32O2. The van der Waals surface area contributed by atoms with E-state index < -0.39 is 5.97 Å². The molecule has 2 heteroatoms. The van der Waals surface area contributed by atoms with Crippen molar-refractivity contribution in [1.82, 2.24) is 0 Å². The van der Waals surface area contributed by atoms with Crippen molar-refractivity contribution in [2.75, 3.05) is 0 Å². The number of carboxylic acid groups (broad SMARTS) is 1. The third-order valence-electron chi connectivity index (χ3n) is 4.60. The van der Waals surface area contributed by atoms with Crippen LogP contribution in [0.2, 0.25) is 0 Å². The molecule has 0 aromatic carbocycles. The molecule has 0 radical (unpaired) electrons. The lowest BCUT2D eigenvalue weighted by molar-refractivity contribution is -0.137. The van der Waals surface area contributed by atoms with Gasteiger partial charge < -0.3 is 5.11 Å². The van der Waals surface area contributed by atoms with E-state index in [0.717, 1.165) is 6.42 Å². The highest BCUT2D eigenvalue weighted by Crippen LogP contribution is 2.40. The first-order chi connectivity index (χ1) is 10.2. The quantitative estimate of drug-likeness (QED) is 0.607. The van der Waals surface area contributed by atoms with E-state index in [1.807, 2.05) is 13.0 Å². The zero-order chi connectivity index (χ0) is 16.8. The van der Waals surface area contributed by atoms with Gasteiger partial charge in [-0.1, -0.05) is 57.6 Å². The van der Waals surface area contributed by atoms with Crippen molar-refractivity contribution in [3.8, 4) is 0 Å². The van der Waals surface area contributed by atoms with E-state index in [9.17, 15) is 4.79 Å². The van der Waals surface area contributed by atoms with Crippen LogP contribution in [0.4, 0.5) is 0 Å². The number of carboxylic acids is 1. The molecule has 0 aromatic rings. The lowest BCUT2D eigenvalue weighted by Crippen LogP contribution is -2.19. The molecule has 0 amide bonds. The summed E-state index contributed by atoms with van der Waals surface area (Å²) in [5.74, 6) is -0.144. The summed E-state index contributed by atoms with van der Waals surface area (Å²) in [4.78, 5) is 10.6. The Bertz CT molecular complexity index is 466. The zero-order valence-electron chi connectivity index (χ0n) is 14.9. The van der Waals surface area contributed by atoms with E-state index >= 15 is 0 Å². The van der Waals surface area contributed by atoms with Crippen LogP contribution in [0.15, 0.2) is 35.5 Å². The van der Waals surface area contributed by atoms with Gasteiger partial charge in [0, 0.05) is 0 Å². The Morgan fingerprint density at radius 3 is 2.55 bits per heavy atom. The Morgan fingerprint density at radius 2 is 1.95 bits per heavy atom. The molecule has 0 spiro atoms. The van der Waals surface area contributed by atoms with Gasteiger partial charge in [0.25, 0.3) is 0 Å². The number of allylic oxidation sites excluding steroid dienone is 6. The third kappa shape index (κ3) is 6.21. The molecule has 0 saturated carbocycles. The number of rotatable bonds is 7. The van der Waals surface area contributed by atoms with Crippen molar-refractivity contribution in [3.05, 3.63) is 35.5 Å². The first-order valence-corrected chi connectivity index (χ1v) is 8.49. The molecule has 0 saturated heterocycles. The fourth-order valence-electron chi connectivity index (χ4n) is 3.22. The van der Waals surface area contributed by atoms with Crippen LogP contribution in [-0.2, 0) is 4.79 Å². The highest BCUT2D eigenvalue weighted by atomic mass is 16.4. The number of aliphatic carboxylic acids is 1. The monoisotopic (exact) mass is 304 g/mol. The smallest absolute Gasteiger partial charge is 0.303 e. The number of hydrogen-bond donors (Lipinski definition) is 1. The highest BCUT2D eigenvalue weighted by Gasteiger charge is 2.26. The molecule has 0 bridgehead atoms. The summed E-state index contributed by atoms with van der Waals surface area (Å²) in [5.41, 5.74) is 3.34. The van der Waals surface area contributed by atoms with Gasteiger partial charge >= 0.3 is 5.97 Å². The Kier molecular flexibility index (Phi) is 7.12. The van der Waals surface area contributed by atoms with Crippen LogP contribution in [-0.4, -0.2) is 11.1 Å². The minimum absolute atomic E-state index is 0.107. The van der Waals surface area contributed by atoms with Crippen LogP contribution in [0.3, 0.4) is 0 Å². The van der Waals surface area contributed by atoms with E-state index in [2.05, 4.69) is 45.9 Å². The van der Waals surface area contributed by atoms with Crippen LogP contribution in [0.1, 0.15) is 66.7 Å². The lowest BCUT2D eigenvalue weighted by atomic mass is 9.72. The van der Waals surface area contributed by atoms with Crippen molar-refractivity contribution in [3.63, 3.8) is 0 Å². The summed E-state index contributed by atoms with van der Waals surface area (Å²) >= 11 is 0. The van der Waals surface area contributed by atoms with Crippen LogP contribution in [0.5, 0.6) is 0 Å². The summed E-state index contributed by atoms with van der Waals surface area (Å²) in [5, 5.41) is 8.74. The van der Waals surface area contributed by atoms with E-state index in [1.165, 1.54) is 30.4 Å². The Hall–Kier alpha value is -1.31. The van der Waals surface area contributed by atoms with Gasteiger partial charge in [0.05, 0.1) is 6.42 Å². The second kappa shape index (κ2) is 8.36. The highest BCUT2D eigenvalue weighted by molar-refractivity contribution is 5.67. The van der Waals surface area contributed by atoms with Gasteiger partial charge in [0.2, 0.25) is 0 Å². The van der Waals surface area contributed by atoms with Gasteiger partial charge in [-0.15, -0.1) is 0 Å². The Balaban J connectivity index is 2.55. The van der Waals surface area contributed by atoms with Gasteiger partial charge in [-0.3, -0.25) is 4.79 Å². The maximum atomic E-state index is 10.6. The maximum Gasteiger partial charge on any atom is 0.303 e. The second-order valence-corrected chi connectivity index (χ2v) is 7.51. The molecule has 1 N–H and O–H groups in total. The standard InChI is InChI=1S/C20H32O2/c1-15(8-6-9-16(2)14-19(21)22)11-12-18-17(3)10-7-13-20(18,4)5/h6,9,11-12,15-16H,7-8,10,13-14H2,1-5H3,(H,21,22)/b9-6+,12-11+. The van der Waals surface area contributed by atoms with Crippen molar-refractivity contribution >= 4 is 5.97 Å². The first-order valence-electron chi connectivity index (χ1n) is 8.49. The van der Waals surface area contributed by atoms with Crippen LogP contribution < -0.4 is 0 Å². The predicted molar refractivity (Wildman–Crippen MR) is 93.8 cm³/mol. The molecule has 2 nitrogen and oxygen atoms in total. The maximum absolute atomic E-state index is 10.6. The van der Waals surface area contributed by atoms with Crippen molar-refractivity contribution in [2.45, 2.75) is 66.7 Å². The summed E-state index contributed by atoms with van der Waals surface area (Å²) in [6.07, 6.45) is 13.7. The van der Waals surface area contributed by atoms with Crippen LogP contribution in [0, 0.1) is 17.3 Å². The first kappa shape index (κ1) is 18.7. The van der Waals surface area contributed by atoms with E-state index in [4.69, 9.17) is 5.11 Å². The van der Waals surface area contributed by atoms with Crippen molar-refractivity contribution in [1.29, 1.82) is 0 Å². The lowest BCUT2D eigenvalue weighted by Gasteiger charge is -2.33. The molecule has 124 valence electrons. The minimum atomic E-state index is -0.730. The summed E-state index contributed by atoms with van der Waals surface area (Å²) in [6.45, 7) is 11.1. The molecule has 0 fully saturated rings. The summed E-state index contributed by atoms with van der Waals surface area (Å²) < 4.78 is 0. The third-order valence-corrected chi connectivity index (χ3v) is 4.60. The Morgan fingerprint density at radius 1 is 1.27 bits per heavy atom. The molecular weight excluding hydrogens is 272 g/mol. The predicted octanol–water partition coefficient (Wildman–Crippen LogP) is 5.76. The van der Waals surface area contributed by atoms with Crippen LogP contribution in [0.25, 0.3) is 0 Å². The second-order valence-electron chi connectivity index (χ2n) is 7.51. The average Bonchev–Trinajstić information content (AvgIpc) is 2.36. The topological polar surface area (TPSA) is 37.3 Å². The summed E-state index contributed by atoms with van der Waals surface area (Å²) in [7, 11) is 0. The number of hydrogen-bond acceptors (Lipinski definition) is 1. The van der Waals surface area contributed by atoms with E-state index in [-0.39, 0.29) is 12.3 Å². The molecule has 1 aliphatic carbocycles. The van der Waals surface area contributed by atoms with Gasteiger partial charge in [0.1, 0.15) is 0 Å². The fraction of sp³-hybridized carbons (Fsp3) is 0.650. The normalized spacial score (nSPS) is 21.5. The van der Waals surface area contributed by atoms with E-state index in [0.29, 0.717) is 11.3 Å². The molecule has 0 aromatic heterocycles. The molecule has 22 heavy (non-hydrogen) atoms. The Labute approximate surface area is 136 Å². The zero-order valence-corrected chi connectivity index (χ0v) is 14.9. The van der Waals surface area contributed by atoms with Gasteiger partial charge in [-0.05, 0) is 55.4 Å². The molecule has 2 unspecified atom stereocenters. The molecule has 0 aliphatic heterocycles. The van der Waals surface area contributed by atoms with Gasteiger partial charge in [-0.2, -0.15) is 0 Å². The molecule has 1 rings (SSSR count). The van der Waals surface area contributed by atoms with Gasteiger partial charge in [0.15, 0.2) is 0 Å². The molecule has 0 heterocycles. The fourth-order valence-corrected chi connectivity index (χ4v) is 3.22. The average molecular weight is 304 g/mol. The van der Waals surface area contributed by atoms with E-state index in [1.54, 1.807) is 0 Å².